The number of anilines is 1. The number of hydrogen-bond acceptors (Lipinski definition) is 5. The predicted octanol–water partition coefficient (Wildman–Crippen LogP) is 1.09. The number of aryl methyl sites for hydroxylation is 1. The number of carbonyl (C=O) groups excluding carboxylic acids is 1. The van der Waals surface area contributed by atoms with Crippen molar-refractivity contribution in [1.29, 1.82) is 0 Å². The van der Waals surface area contributed by atoms with Gasteiger partial charge in [0.15, 0.2) is 11.4 Å². The number of H-pyrrole nitrogens is 1. The molecule has 9 heteroatoms. The van der Waals surface area contributed by atoms with Gasteiger partial charge in [-0.15, -0.1) is 0 Å². The molecule has 3 N–H and O–H groups in total. The standard InChI is InChI=1S/C15H13N5O4/c1-2-20-10-6-4-3-5-8(10)13(21)12(19-20)14(22)17-9-7-16-18-11(9)15(23)24/h3-7H,2H2,1H3,(H,16,18)(H,17,22)(H,23,24). The Morgan fingerprint density at radius 1 is 1.33 bits per heavy atom. The van der Waals surface area contributed by atoms with Crippen molar-refractivity contribution in [1.82, 2.24) is 20.0 Å². The first-order chi connectivity index (χ1) is 11.5. The van der Waals surface area contributed by atoms with Crippen LogP contribution in [0.5, 0.6) is 0 Å². The van der Waals surface area contributed by atoms with E-state index in [0.29, 0.717) is 17.4 Å². The molecule has 0 radical (unpaired) electrons. The first kappa shape index (κ1) is 15.4. The molecule has 0 spiro atoms. The van der Waals surface area contributed by atoms with E-state index in [1.807, 2.05) is 6.92 Å². The van der Waals surface area contributed by atoms with Gasteiger partial charge in [-0.1, -0.05) is 12.1 Å². The fourth-order valence-corrected chi connectivity index (χ4v) is 2.35. The minimum atomic E-state index is -1.28. The van der Waals surface area contributed by atoms with E-state index >= 15 is 0 Å². The van der Waals surface area contributed by atoms with E-state index in [9.17, 15) is 14.4 Å². The fourth-order valence-electron chi connectivity index (χ4n) is 2.35. The van der Waals surface area contributed by atoms with Gasteiger partial charge in [0, 0.05) is 11.9 Å². The predicted molar refractivity (Wildman–Crippen MR) is 85.2 cm³/mol. The van der Waals surface area contributed by atoms with Gasteiger partial charge >= 0.3 is 5.97 Å². The van der Waals surface area contributed by atoms with Crippen LogP contribution in [-0.2, 0) is 6.54 Å². The SMILES string of the molecule is CCn1nc(C(=O)Nc2cn[nH]c2C(=O)O)c(=O)c2ccccc21. The van der Waals surface area contributed by atoms with Crippen LogP contribution in [0.1, 0.15) is 27.9 Å². The summed E-state index contributed by atoms with van der Waals surface area (Å²) in [5, 5.41) is 21.7. The van der Waals surface area contributed by atoms with Gasteiger partial charge in [-0.3, -0.25) is 19.4 Å². The number of benzene rings is 1. The van der Waals surface area contributed by atoms with Gasteiger partial charge in [0.05, 0.1) is 17.4 Å². The number of hydrogen-bond donors (Lipinski definition) is 3. The average Bonchev–Trinajstić information content (AvgIpc) is 3.03. The molecule has 0 unspecified atom stereocenters. The zero-order chi connectivity index (χ0) is 17.3. The van der Waals surface area contributed by atoms with E-state index in [4.69, 9.17) is 5.11 Å². The van der Waals surface area contributed by atoms with Gasteiger partial charge in [0.25, 0.3) is 5.91 Å². The van der Waals surface area contributed by atoms with Gasteiger partial charge in [-0.25, -0.2) is 4.79 Å². The molecular weight excluding hydrogens is 314 g/mol. The summed E-state index contributed by atoms with van der Waals surface area (Å²) in [5.41, 5.74) is -0.526. The number of carbonyl (C=O) groups is 2. The van der Waals surface area contributed by atoms with Gasteiger partial charge in [0.2, 0.25) is 5.43 Å². The lowest BCUT2D eigenvalue weighted by Gasteiger charge is -2.10. The number of rotatable bonds is 4. The van der Waals surface area contributed by atoms with Gasteiger partial charge in [-0.2, -0.15) is 10.2 Å². The minimum absolute atomic E-state index is 0.0371. The summed E-state index contributed by atoms with van der Waals surface area (Å²) in [6.45, 7) is 2.30. The normalized spacial score (nSPS) is 10.7. The van der Waals surface area contributed by atoms with Crippen LogP contribution in [0.15, 0.2) is 35.3 Å². The minimum Gasteiger partial charge on any atom is -0.476 e. The number of carboxylic acid groups (broad SMARTS) is 1. The van der Waals surface area contributed by atoms with E-state index in [-0.39, 0.29) is 17.1 Å². The van der Waals surface area contributed by atoms with Crippen LogP contribution >= 0.6 is 0 Å². The van der Waals surface area contributed by atoms with E-state index in [1.165, 1.54) is 0 Å². The number of para-hydroxylation sites is 1. The van der Waals surface area contributed by atoms with E-state index in [1.54, 1.807) is 28.9 Å². The van der Waals surface area contributed by atoms with Crippen LogP contribution < -0.4 is 10.7 Å². The maximum atomic E-state index is 12.5. The summed E-state index contributed by atoms with van der Waals surface area (Å²) in [4.78, 5) is 35.9. The third-order valence-corrected chi connectivity index (χ3v) is 3.48. The Kier molecular flexibility index (Phi) is 3.82. The highest BCUT2D eigenvalue weighted by Crippen LogP contribution is 2.13. The molecule has 0 saturated heterocycles. The third kappa shape index (κ3) is 2.51. The number of aromatic nitrogens is 4. The largest absolute Gasteiger partial charge is 0.476 e. The molecule has 0 saturated carbocycles. The summed E-state index contributed by atoms with van der Waals surface area (Å²) in [5.74, 6) is -2.07. The molecule has 1 amide bonds. The smallest absolute Gasteiger partial charge is 0.356 e. The van der Waals surface area contributed by atoms with Crippen LogP contribution in [0.4, 0.5) is 5.69 Å². The van der Waals surface area contributed by atoms with Crippen LogP contribution in [0, 0.1) is 0 Å². The second-order valence-corrected chi connectivity index (χ2v) is 4.93. The Hall–Kier alpha value is -3.49. The summed E-state index contributed by atoms with van der Waals surface area (Å²) >= 11 is 0. The Balaban J connectivity index is 2.07. The highest BCUT2D eigenvalue weighted by molar-refractivity contribution is 6.07. The van der Waals surface area contributed by atoms with E-state index in [0.717, 1.165) is 6.20 Å². The number of carboxylic acids is 1. The quantitative estimate of drug-likeness (QED) is 0.657. The molecule has 0 atom stereocenters. The molecule has 3 rings (SSSR count). The van der Waals surface area contributed by atoms with Crippen molar-refractivity contribution in [3.8, 4) is 0 Å². The molecule has 122 valence electrons. The molecule has 0 bridgehead atoms. The van der Waals surface area contributed by atoms with Crippen LogP contribution in [0.25, 0.3) is 10.9 Å². The van der Waals surface area contributed by atoms with Gasteiger partial charge < -0.3 is 10.4 Å². The second-order valence-electron chi connectivity index (χ2n) is 4.93. The fraction of sp³-hybridized carbons (Fsp3) is 0.133. The lowest BCUT2D eigenvalue weighted by Crippen LogP contribution is -2.27. The Labute approximate surface area is 134 Å². The van der Waals surface area contributed by atoms with Crippen molar-refractivity contribution in [2.45, 2.75) is 13.5 Å². The zero-order valence-electron chi connectivity index (χ0n) is 12.6. The molecule has 0 aliphatic heterocycles. The van der Waals surface area contributed by atoms with E-state index in [2.05, 4.69) is 20.6 Å². The Bertz CT molecular complexity index is 1000. The van der Waals surface area contributed by atoms with Crippen molar-refractivity contribution in [3.05, 3.63) is 52.1 Å². The summed E-state index contributed by atoms with van der Waals surface area (Å²) < 4.78 is 1.54. The maximum Gasteiger partial charge on any atom is 0.356 e. The number of aromatic amines is 1. The molecule has 0 aliphatic rings. The summed E-state index contributed by atoms with van der Waals surface area (Å²) in [7, 11) is 0. The molecule has 1 aromatic carbocycles. The third-order valence-electron chi connectivity index (χ3n) is 3.48. The highest BCUT2D eigenvalue weighted by atomic mass is 16.4. The zero-order valence-corrected chi connectivity index (χ0v) is 12.6. The summed E-state index contributed by atoms with van der Waals surface area (Å²) in [6.07, 6.45) is 1.15. The van der Waals surface area contributed by atoms with Gasteiger partial charge in [-0.05, 0) is 19.1 Å². The van der Waals surface area contributed by atoms with Crippen molar-refractivity contribution < 1.29 is 14.7 Å². The van der Waals surface area contributed by atoms with Crippen molar-refractivity contribution in [2.75, 3.05) is 5.32 Å². The lowest BCUT2D eigenvalue weighted by molar-refractivity contribution is 0.0691. The van der Waals surface area contributed by atoms with Crippen LogP contribution in [0.2, 0.25) is 0 Å². The number of amides is 1. The molecule has 0 fully saturated rings. The van der Waals surface area contributed by atoms with Crippen LogP contribution in [-0.4, -0.2) is 37.0 Å². The lowest BCUT2D eigenvalue weighted by atomic mass is 10.2. The van der Waals surface area contributed by atoms with Gasteiger partial charge in [0.1, 0.15) is 0 Å². The summed E-state index contributed by atoms with van der Waals surface area (Å²) in [6, 6.07) is 6.83. The number of nitrogens with zero attached hydrogens (tertiary/aromatic N) is 3. The average molecular weight is 327 g/mol. The molecule has 2 aromatic heterocycles. The maximum absolute atomic E-state index is 12.5. The second kappa shape index (κ2) is 5.95. The highest BCUT2D eigenvalue weighted by Gasteiger charge is 2.20. The Morgan fingerprint density at radius 2 is 2.08 bits per heavy atom. The first-order valence-electron chi connectivity index (χ1n) is 7.10. The number of nitrogens with one attached hydrogen (secondary N) is 2. The molecule has 9 nitrogen and oxygen atoms in total. The topological polar surface area (TPSA) is 130 Å². The van der Waals surface area contributed by atoms with Crippen molar-refractivity contribution in [3.63, 3.8) is 0 Å². The first-order valence-corrected chi connectivity index (χ1v) is 7.10. The molecule has 24 heavy (non-hydrogen) atoms. The molecule has 0 aliphatic carbocycles. The van der Waals surface area contributed by atoms with Crippen molar-refractivity contribution in [2.24, 2.45) is 0 Å². The molecule has 3 aromatic rings. The van der Waals surface area contributed by atoms with Crippen molar-refractivity contribution >= 4 is 28.5 Å². The van der Waals surface area contributed by atoms with Crippen LogP contribution in [0.3, 0.4) is 0 Å². The Morgan fingerprint density at radius 3 is 2.79 bits per heavy atom. The number of aromatic carboxylic acids is 1. The monoisotopic (exact) mass is 327 g/mol. The molecular formula is C15H13N5O4. The number of fused-ring (bicyclic) bond motifs is 1. The van der Waals surface area contributed by atoms with E-state index < -0.39 is 17.3 Å². The molecule has 2 heterocycles.